The minimum Gasteiger partial charge on any atom is -0.407 e. The third-order valence-electron chi connectivity index (χ3n) is 5.27. The van der Waals surface area contributed by atoms with Crippen molar-refractivity contribution in [3.8, 4) is 0 Å². The van der Waals surface area contributed by atoms with Crippen LogP contribution in [0.25, 0.3) is 10.4 Å². The predicted octanol–water partition coefficient (Wildman–Crippen LogP) is 5.68. The lowest BCUT2D eigenvalue weighted by molar-refractivity contribution is 0.235. The van der Waals surface area contributed by atoms with Gasteiger partial charge in [-0.3, -0.25) is 0 Å². The molecule has 1 atom stereocenters. The highest BCUT2D eigenvalue weighted by Gasteiger charge is 2.50. The van der Waals surface area contributed by atoms with Gasteiger partial charge in [0.05, 0.1) is 0 Å². The number of rotatable bonds is 10. The van der Waals surface area contributed by atoms with Gasteiger partial charge in [-0.15, -0.1) is 0 Å². The van der Waals surface area contributed by atoms with Gasteiger partial charge in [-0.25, -0.2) is 0 Å². The van der Waals surface area contributed by atoms with Gasteiger partial charge in [-0.1, -0.05) is 99.9 Å². The molecule has 0 aliphatic rings. The van der Waals surface area contributed by atoms with Crippen LogP contribution in [-0.4, -0.2) is 21.5 Å². The van der Waals surface area contributed by atoms with Crippen LogP contribution < -0.4 is 10.4 Å². The highest BCUT2D eigenvalue weighted by atomic mass is 28.4. The average Bonchev–Trinajstić information content (AvgIpc) is 2.69. The van der Waals surface area contributed by atoms with Crippen LogP contribution in [0.2, 0.25) is 5.04 Å². The molecular weight excluding hydrogens is 362 g/mol. The molecule has 2 aromatic rings. The van der Waals surface area contributed by atoms with Crippen molar-refractivity contribution in [3.05, 3.63) is 71.1 Å². The van der Waals surface area contributed by atoms with Crippen LogP contribution in [-0.2, 0) is 4.43 Å². The van der Waals surface area contributed by atoms with Crippen LogP contribution >= 0.6 is 0 Å². The molecule has 0 heterocycles. The van der Waals surface area contributed by atoms with Gasteiger partial charge in [-0.05, 0) is 39.7 Å². The second-order valence-electron chi connectivity index (χ2n) is 8.53. The van der Waals surface area contributed by atoms with Crippen LogP contribution in [0.1, 0.15) is 47.0 Å². The van der Waals surface area contributed by atoms with E-state index in [-0.39, 0.29) is 5.04 Å². The van der Waals surface area contributed by atoms with Crippen LogP contribution in [0.4, 0.5) is 0 Å². The van der Waals surface area contributed by atoms with E-state index in [9.17, 15) is 0 Å². The fraction of sp³-hybridized carbons (Fsp3) is 0.478. The van der Waals surface area contributed by atoms with Gasteiger partial charge in [0, 0.05) is 18.1 Å². The molecule has 0 spiro atoms. The summed E-state index contributed by atoms with van der Waals surface area (Å²) in [7, 11) is -2.44. The Morgan fingerprint density at radius 1 is 0.964 bits per heavy atom. The number of benzene rings is 2. The molecule has 0 aliphatic heterocycles. The summed E-state index contributed by atoms with van der Waals surface area (Å²) in [6, 6.07) is 21.5. The van der Waals surface area contributed by atoms with Crippen LogP contribution in [0.5, 0.6) is 0 Å². The lowest BCUT2D eigenvalue weighted by Gasteiger charge is -2.43. The molecule has 0 bridgehead atoms. The third kappa shape index (κ3) is 5.48. The molecule has 0 radical (unpaired) electrons. The number of azide groups is 1. The minimum atomic E-state index is -2.44. The SMILES string of the molecule is C[C@@H](CCCCN=[N+]=[N-])CO[Si](c1ccccc1)(c1ccccc1)C(C)(C)C. The molecule has 2 rings (SSSR count). The van der Waals surface area contributed by atoms with Gasteiger partial charge in [0.15, 0.2) is 0 Å². The van der Waals surface area contributed by atoms with Crippen molar-refractivity contribution < 1.29 is 4.43 Å². The summed E-state index contributed by atoms with van der Waals surface area (Å²) in [4.78, 5) is 2.82. The molecule has 0 N–H and O–H groups in total. The van der Waals surface area contributed by atoms with Crippen LogP contribution in [0.3, 0.4) is 0 Å². The minimum absolute atomic E-state index is 0.0108. The summed E-state index contributed by atoms with van der Waals surface area (Å²) < 4.78 is 6.96. The second kappa shape index (κ2) is 10.5. The lowest BCUT2D eigenvalue weighted by atomic mass is 10.1. The molecule has 0 saturated heterocycles. The van der Waals surface area contributed by atoms with Crippen molar-refractivity contribution in [3.63, 3.8) is 0 Å². The number of nitrogens with zero attached hydrogens (tertiary/aromatic N) is 3. The van der Waals surface area contributed by atoms with Gasteiger partial charge < -0.3 is 4.43 Å². The van der Waals surface area contributed by atoms with Crippen molar-refractivity contribution in [1.82, 2.24) is 0 Å². The van der Waals surface area contributed by atoms with Crippen molar-refractivity contribution in [2.24, 2.45) is 11.0 Å². The molecule has 0 fully saturated rings. The standard InChI is InChI=1S/C23H33N3OSi/c1-20(13-11-12-18-25-26-24)19-27-28(23(2,3)4,21-14-7-5-8-15-21)22-16-9-6-10-17-22/h5-10,14-17,20H,11-13,18-19H2,1-4H3/t20-/m0/s1. The number of unbranched alkanes of at least 4 members (excludes halogenated alkanes) is 1. The maximum atomic E-state index is 8.38. The Morgan fingerprint density at radius 2 is 1.50 bits per heavy atom. The number of hydrogen-bond donors (Lipinski definition) is 0. The molecule has 5 heteroatoms. The zero-order valence-electron chi connectivity index (χ0n) is 17.6. The smallest absolute Gasteiger partial charge is 0.261 e. The van der Waals surface area contributed by atoms with E-state index in [1.807, 2.05) is 0 Å². The van der Waals surface area contributed by atoms with Crippen molar-refractivity contribution >= 4 is 18.7 Å². The van der Waals surface area contributed by atoms with E-state index >= 15 is 0 Å². The summed E-state index contributed by atoms with van der Waals surface area (Å²) in [6.07, 6.45) is 3.08. The molecule has 4 nitrogen and oxygen atoms in total. The molecule has 0 aliphatic carbocycles. The van der Waals surface area contributed by atoms with E-state index in [4.69, 9.17) is 9.96 Å². The summed E-state index contributed by atoms with van der Waals surface area (Å²) >= 11 is 0. The fourth-order valence-corrected chi connectivity index (χ4v) is 8.52. The van der Waals surface area contributed by atoms with Gasteiger partial charge in [0.2, 0.25) is 0 Å². The van der Waals surface area contributed by atoms with Gasteiger partial charge in [-0.2, -0.15) is 0 Å². The first-order chi connectivity index (χ1) is 13.4. The highest BCUT2D eigenvalue weighted by molar-refractivity contribution is 6.99. The molecular formula is C23H33N3OSi. The maximum Gasteiger partial charge on any atom is 0.261 e. The molecule has 0 aromatic heterocycles. The Kier molecular flexibility index (Phi) is 8.30. The van der Waals surface area contributed by atoms with Crippen molar-refractivity contribution in [2.45, 2.75) is 52.0 Å². The zero-order chi connectivity index (χ0) is 20.5. The molecule has 0 amide bonds. The first kappa shape index (κ1) is 22.2. The van der Waals surface area contributed by atoms with E-state index in [0.717, 1.165) is 25.9 Å². The quantitative estimate of drug-likeness (QED) is 0.168. The monoisotopic (exact) mass is 395 g/mol. The molecule has 0 unspecified atom stereocenters. The Bertz CT molecular complexity index is 713. The molecule has 0 saturated carbocycles. The molecule has 150 valence electrons. The number of hydrogen-bond acceptors (Lipinski definition) is 2. The van der Waals surface area contributed by atoms with Gasteiger partial charge >= 0.3 is 0 Å². The van der Waals surface area contributed by atoms with E-state index in [1.165, 1.54) is 10.4 Å². The fourth-order valence-electron chi connectivity index (χ4n) is 3.83. The third-order valence-corrected chi connectivity index (χ3v) is 10.3. The first-order valence-corrected chi connectivity index (χ1v) is 12.1. The summed E-state index contributed by atoms with van der Waals surface area (Å²) in [5.41, 5.74) is 8.38. The summed E-state index contributed by atoms with van der Waals surface area (Å²) in [6.45, 7) is 10.5. The summed E-state index contributed by atoms with van der Waals surface area (Å²) in [5.74, 6) is 0.465. The average molecular weight is 396 g/mol. The zero-order valence-corrected chi connectivity index (χ0v) is 18.6. The van der Waals surface area contributed by atoms with E-state index in [0.29, 0.717) is 12.5 Å². The Hall–Kier alpha value is -2.07. The van der Waals surface area contributed by atoms with Crippen LogP contribution in [0, 0.1) is 5.92 Å². The topological polar surface area (TPSA) is 58.0 Å². The second-order valence-corrected chi connectivity index (χ2v) is 12.8. The lowest BCUT2D eigenvalue weighted by Crippen LogP contribution is -2.66. The van der Waals surface area contributed by atoms with E-state index < -0.39 is 8.32 Å². The van der Waals surface area contributed by atoms with Crippen molar-refractivity contribution in [2.75, 3.05) is 13.2 Å². The van der Waals surface area contributed by atoms with E-state index in [2.05, 4.69) is 98.4 Å². The first-order valence-electron chi connectivity index (χ1n) is 10.2. The van der Waals surface area contributed by atoms with Gasteiger partial charge in [0.25, 0.3) is 8.32 Å². The molecule has 28 heavy (non-hydrogen) atoms. The van der Waals surface area contributed by atoms with E-state index in [1.54, 1.807) is 0 Å². The Balaban J connectivity index is 2.25. The maximum absolute atomic E-state index is 8.38. The normalized spacial score (nSPS) is 13.0. The Labute approximate surface area is 170 Å². The Morgan fingerprint density at radius 3 is 1.96 bits per heavy atom. The van der Waals surface area contributed by atoms with Crippen LogP contribution in [0.15, 0.2) is 65.8 Å². The predicted molar refractivity (Wildman–Crippen MR) is 121 cm³/mol. The van der Waals surface area contributed by atoms with Gasteiger partial charge in [0.1, 0.15) is 0 Å². The molecule has 2 aromatic carbocycles. The van der Waals surface area contributed by atoms with Crippen molar-refractivity contribution in [1.29, 1.82) is 0 Å². The summed E-state index contributed by atoms with van der Waals surface area (Å²) in [5, 5.41) is 6.28. The largest absolute Gasteiger partial charge is 0.407 e. The highest BCUT2D eigenvalue weighted by Crippen LogP contribution is 2.37.